The Kier molecular flexibility index (Phi) is 7.74. The molecule has 1 aliphatic heterocycles. The van der Waals surface area contributed by atoms with Crippen LogP contribution in [0.25, 0.3) is 11.1 Å². The number of carbonyl (C=O) groups excluding carboxylic acids is 2. The fraction of sp³-hybridized carbons (Fsp3) is 0.179. The van der Waals surface area contributed by atoms with Gasteiger partial charge in [-0.15, -0.1) is 10.2 Å². The number of alkyl halides is 1. The Morgan fingerprint density at radius 1 is 1.05 bits per heavy atom. The van der Waals surface area contributed by atoms with E-state index in [-0.39, 0.29) is 52.2 Å². The maximum absolute atomic E-state index is 15.2. The van der Waals surface area contributed by atoms with E-state index in [1.807, 2.05) is 30.3 Å². The van der Waals surface area contributed by atoms with Crippen LogP contribution in [0.1, 0.15) is 32.8 Å². The molecular formula is C28H22ClF2N5O3. The van der Waals surface area contributed by atoms with Gasteiger partial charge < -0.3 is 15.0 Å². The van der Waals surface area contributed by atoms with Crippen LogP contribution in [0.5, 0.6) is 0 Å². The standard InChI is InChI=1S/C28H22ClF2N5O3/c29-24-9-8-23(34-35-24)27(37)33-25-20(10-12-32-26(25)36-13-11-19(30)15-36)21-14-18(6-7-22(21)31)28(38)39-16-17-4-2-1-3-5-17/h1-10,12,14,19H,11,13,15-16H2,(H,33,37)/t19-/m0/s1. The van der Waals surface area contributed by atoms with Crippen molar-refractivity contribution in [2.24, 2.45) is 0 Å². The molecule has 0 spiro atoms. The first kappa shape index (κ1) is 26.2. The summed E-state index contributed by atoms with van der Waals surface area (Å²) >= 11 is 5.78. The number of anilines is 2. The van der Waals surface area contributed by atoms with Gasteiger partial charge in [-0.05, 0) is 48.4 Å². The third-order valence-electron chi connectivity index (χ3n) is 6.17. The highest BCUT2D eigenvalue weighted by molar-refractivity contribution is 6.29. The third-order valence-corrected chi connectivity index (χ3v) is 6.37. The predicted octanol–water partition coefficient (Wildman–Crippen LogP) is 5.49. The molecule has 39 heavy (non-hydrogen) atoms. The number of esters is 1. The minimum absolute atomic E-state index is 0.0290. The Morgan fingerprint density at radius 2 is 1.87 bits per heavy atom. The lowest BCUT2D eigenvalue weighted by Crippen LogP contribution is -2.24. The Bertz CT molecular complexity index is 1510. The van der Waals surface area contributed by atoms with Crippen LogP contribution in [0.2, 0.25) is 5.15 Å². The molecule has 0 unspecified atom stereocenters. The number of hydrogen-bond acceptors (Lipinski definition) is 7. The number of hydrogen-bond donors (Lipinski definition) is 1. The van der Waals surface area contributed by atoms with Gasteiger partial charge in [-0.25, -0.2) is 18.6 Å². The van der Waals surface area contributed by atoms with Crippen molar-refractivity contribution in [1.82, 2.24) is 15.2 Å². The Balaban J connectivity index is 1.51. The number of nitrogens with zero attached hydrogens (tertiary/aromatic N) is 4. The molecule has 5 rings (SSSR count). The molecule has 198 valence electrons. The maximum Gasteiger partial charge on any atom is 0.338 e. The minimum atomic E-state index is -1.07. The van der Waals surface area contributed by atoms with Crippen molar-refractivity contribution >= 4 is 35.0 Å². The van der Waals surface area contributed by atoms with Gasteiger partial charge in [0.1, 0.15) is 18.6 Å². The highest BCUT2D eigenvalue weighted by Crippen LogP contribution is 2.38. The predicted molar refractivity (Wildman–Crippen MR) is 142 cm³/mol. The molecule has 2 aromatic carbocycles. The first-order valence-corrected chi connectivity index (χ1v) is 12.5. The number of rotatable bonds is 7. The number of nitrogens with one attached hydrogen (secondary N) is 1. The van der Waals surface area contributed by atoms with Crippen LogP contribution in [-0.4, -0.2) is 46.3 Å². The first-order valence-electron chi connectivity index (χ1n) is 12.1. The summed E-state index contributed by atoms with van der Waals surface area (Å²) in [6, 6.07) is 17.3. The molecule has 1 saturated heterocycles. The number of aromatic nitrogens is 3. The van der Waals surface area contributed by atoms with Crippen molar-refractivity contribution in [3.8, 4) is 11.1 Å². The van der Waals surface area contributed by atoms with Crippen LogP contribution in [0.3, 0.4) is 0 Å². The Labute approximate surface area is 227 Å². The summed E-state index contributed by atoms with van der Waals surface area (Å²) in [5.74, 6) is -1.67. The lowest BCUT2D eigenvalue weighted by atomic mass is 10.0. The van der Waals surface area contributed by atoms with E-state index in [0.29, 0.717) is 13.0 Å². The second kappa shape index (κ2) is 11.5. The second-order valence-electron chi connectivity index (χ2n) is 8.84. The van der Waals surface area contributed by atoms with E-state index in [4.69, 9.17) is 16.3 Å². The summed E-state index contributed by atoms with van der Waals surface area (Å²) in [4.78, 5) is 31.9. The van der Waals surface area contributed by atoms with Crippen LogP contribution in [-0.2, 0) is 11.3 Å². The van der Waals surface area contributed by atoms with E-state index in [1.165, 1.54) is 36.5 Å². The van der Waals surface area contributed by atoms with E-state index in [9.17, 15) is 14.0 Å². The fourth-order valence-corrected chi connectivity index (χ4v) is 4.33. The molecule has 0 radical (unpaired) electrons. The van der Waals surface area contributed by atoms with Gasteiger partial charge in [-0.2, -0.15) is 0 Å². The highest BCUT2D eigenvalue weighted by Gasteiger charge is 2.28. The molecule has 11 heteroatoms. The average molecular weight is 550 g/mol. The van der Waals surface area contributed by atoms with Crippen molar-refractivity contribution < 1.29 is 23.1 Å². The summed E-state index contributed by atoms with van der Waals surface area (Å²) in [5, 5.41) is 10.3. The third kappa shape index (κ3) is 6.01. The molecule has 1 amide bonds. The van der Waals surface area contributed by atoms with Gasteiger partial charge in [0.05, 0.1) is 17.8 Å². The summed E-state index contributed by atoms with van der Waals surface area (Å²) in [6.07, 6.45) is 0.660. The van der Waals surface area contributed by atoms with Gasteiger partial charge >= 0.3 is 5.97 Å². The van der Waals surface area contributed by atoms with Crippen LogP contribution in [0.4, 0.5) is 20.3 Å². The molecule has 8 nitrogen and oxygen atoms in total. The lowest BCUT2D eigenvalue weighted by molar-refractivity contribution is 0.0472. The molecule has 1 aliphatic rings. The maximum atomic E-state index is 15.2. The van der Waals surface area contributed by atoms with Gasteiger partial charge in [0, 0.05) is 23.9 Å². The molecular weight excluding hydrogens is 528 g/mol. The molecule has 1 fully saturated rings. The number of halogens is 3. The number of benzene rings is 2. The largest absolute Gasteiger partial charge is 0.457 e. The van der Waals surface area contributed by atoms with Gasteiger partial charge in [-0.3, -0.25) is 4.79 Å². The lowest BCUT2D eigenvalue weighted by Gasteiger charge is -2.22. The summed E-state index contributed by atoms with van der Waals surface area (Å²) in [6.45, 7) is 0.471. The topological polar surface area (TPSA) is 97.3 Å². The van der Waals surface area contributed by atoms with E-state index < -0.39 is 23.9 Å². The second-order valence-corrected chi connectivity index (χ2v) is 9.23. The summed E-state index contributed by atoms with van der Waals surface area (Å²) < 4.78 is 34.7. The molecule has 1 N–H and O–H groups in total. The van der Waals surface area contributed by atoms with E-state index in [2.05, 4.69) is 20.5 Å². The molecule has 0 aliphatic carbocycles. The zero-order chi connectivity index (χ0) is 27.4. The van der Waals surface area contributed by atoms with Gasteiger partial charge in [0.25, 0.3) is 5.91 Å². The Morgan fingerprint density at radius 3 is 2.59 bits per heavy atom. The average Bonchev–Trinajstić information content (AvgIpc) is 3.39. The SMILES string of the molecule is O=C(OCc1ccccc1)c1ccc(F)c(-c2ccnc(N3CC[C@H](F)C3)c2NC(=O)c2ccc(Cl)nn2)c1. The quantitative estimate of drug-likeness (QED) is 0.304. The zero-order valence-electron chi connectivity index (χ0n) is 20.5. The molecule has 0 saturated carbocycles. The number of ether oxygens (including phenoxy) is 1. The fourth-order valence-electron chi connectivity index (χ4n) is 4.23. The summed E-state index contributed by atoms with van der Waals surface area (Å²) in [5.41, 5.74) is 1.30. The monoisotopic (exact) mass is 549 g/mol. The van der Waals surface area contributed by atoms with E-state index in [0.717, 1.165) is 11.6 Å². The van der Waals surface area contributed by atoms with Gasteiger partial charge in [-0.1, -0.05) is 41.9 Å². The minimum Gasteiger partial charge on any atom is -0.457 e. The highest BCUT2D eigenvalue weighted by atomic mass is 35.5. The van der Waals surface area contributed by atoms with Crippen molar-refractivity contribution in [3.63, 3.8) is 0 Å². The number of carbonyl (C=O) groups is 2. The molecule has 0 bridgehead atoms. The molecule has 4 aromatic rings. The van der Waals surface area contributed by atoms with Crippen LogP contribution in [0, 0.1) is 5.82 Å². The van der Waals surface area contributed by atoms with Crippen molar-refractivity contribution in [2.45, 2.75) is 19.2 Å². The van der Waals surface area contributed by atoms with Crippen LogP contribution >= 0.6 is 11.6 Å². The first-order chi connectivity index (χ1) is 18.9. The Hall–Kier alpha value is -4.44. The molecule has 1 atom stereocenters. The van der Waals surface area contributed by atoms with E-state index in [1.54, 1.807) is 4.90 Å². The van der Waals surface area contributed by atoms with Crippen molar-refractivity contribution in [2.75, 3.05) is 23.3 Å². The molecule has 3 heterocycles. The number of amides is 1. The van der Waals surface area contributed by atoms with Crippen molar-refractivity contribution in [3.05, 3.63) is 101 Å². The van der Waals surface area contributed by atoms with Crippen LogP contribution in [0.15, 0.2) is 72.9 Å². The van der Waals surface area contributed by atoms with Crippen LogP contribution < -0.4 is 10.2 Å². The van der Waals surface area contributed by atoms with Gasteiger partial charge in [0.2, 0.25) is 0 Å². The summed E-state index contributed by atoms with van der Waals surface area (Å²) in [7, 11) is 0. The smallest absolute Gasteiger partial charge is 0.338 e. The normalized spacial score (nSPS) is 14.7. The zero-order valence-corrected chi connectivity index (χ0v) is 21.2. The number of pyridine rings is 1. The van der Waals surface area contributed by atoms with Crippen molar-refractivity contribution in [1.29, 1.82) is 0 Å². The molecule has 2 aromatic heterocycles. The van der Waals surface area contributed by atoms with Gasteiger partial charge in [0.15, 0.2) is 16.7 Å². The van der Waals surface area contributed by atoms with E-state index >= 15 is 4.39 Å².